The van der Waals surface area contributed by atoms with Crippen LogP contribution in [0.2, 0.25) is 0 Å². The summed E-state index contributed by atoms with van der Waals surface area (Å²) in [4.78, 5) is 16.3. The van der Waals surface area contributed by atoms with Gasteiger partial charge in [0.15, 0.2) is 0 Å². The van der Waals surface area contributed by atoms with Crippen LogP contribution in [0.3, 0.4) is 0 Å². The molecule has 0 saturated carbocycles. The van der Waals surface area contributed by atoms with Crippen molar-refractivity contribution in [1.29, 1.82) is 0 Å². The van der Waals surface area contributed by atoms with E-state index in [2.05, 4.69) is 10.3 Å². The van der Waals surface area contributed by atoms with E-state index in [-0.39, 0.29) is 17.3 Å². The summed E-state index contributed by atoms with van der Waals surface area (Å²) < 4.78 is 24.7. The van der Waals surface area contributed by atoms with Crippen molar-refractivity contribution in [3.63, 3.8) is 0 Å². The molecule has 1 aliphatic heterocycles. The molecule has 0 unspecified atom stereocenters. The molecule has 0 radical (unpaired) electrons. The van der Waals surface area contributed by atoms with Gasteiger partial charge in [-0.1, -0.05) is 6.07 Å². The van der Waals surface area contributed by atoms with Gasteiger partial charge in [-0.3, -0.25) is 4.79 Å². The molecule has 160 valence electrons. The number of benzene rings is 2. The molecule has 1 aliphatic rings. The van der Waals surface area contributed by atoms with E-state index in [1.165, 1.54) is 12.1 Å². The third-order valence-electron chi connectivity index (χ3n) is 5.23. The summed E-state index contributed by atoms with van der Waals surface area (Å²) in [6.45, 7) is 2.03. The second kappa shape index (κ2) is 9.57. The third kappa shape index (κ3) is 5.58. The average Bonchev–Trinajstić information content (AvgIpc) is 2.77. The van der Waals surface area contributed by atoms with Gasteiger partial charge in [-0.05, 0) is 86.3 Å². The van der Waals surface area contributed by atoms with Crippen LogP contribution in [0, 0.1) is 11.7 Å². The van der Waals surface area contributed by atoms with Gasteiger partial charge in [0.2, 0.25) is 5.88 Å². The largest absolute Gasteiger partial charge is 0.457 e. The smallest absolute Gasteiger partial charge is 0.254 e. The van der Waals surface area contributed by atoms with Crippen LogP contribution in [0.5, 0.6) is 23.1 Å². The number of hydrogen-bond donors (Lipinski definition) is 2. The number of carbonyl (C=O) groups excluding carboxylic acids is 1. The number of halogens is 1. The molecule has 31 heavy (non-hydrogen) atoms. The minimum absolute atomic E-state index is 0.167. The van der Waals surface area contributed by atoms with Gasteiger partial charge in [0.1, 0.15) is 28.6 Å². The van der Waals surface area contributed by atoms with E-state index in [4.69, 9.17) is 15.2 Å². The molecule has 4 rings (SSSR count). The topological polar surface area (TPSA) is 86.5 Å². The quantitative estimate of drug-likeness (QED) is 0.589. The Hall–Kier alpha value is -3.45. The summed E-state index contributed by atoms with van der Waals surface area (Å²) in [7, 11) is 0. The molecule has 1 aromatic heterocycles. The fourth-order valence-electron chi connectivity index (χ4n) is 3.64. The lowest BCUT2D eigenvalue weighted by Crippen LogP contribution is -2.28. The number of hydrogen-bond acceptors (Lipinski definition) is 5. The molecule has 0 aliphatic carbocycles. The fourth-order valence-corrected chi connectivity index (χ4v) is 3.64. The highest BCUT2D eigenvalue weighted by Crippen LogP contribution is 2.29. The van der Waals surface area contributed by atoms with Crippen LogP contribution in [-0.2, 0) is 6.42 Å². The molecule has 6 nitrogen and oxygen atoms in total. The zero-order valence-electron chi connectivity index (χ0n) is 17.0. The Morgan fingerprint density at radius 2 is 1.74 bits per heavy atom. The molecule has 1 amide bonds. The predicted octanol–water partition coefficient (Wildman–Crippen LogP) is 4.45. The van der Waals surface area contributed by atoms with Crippen molar-refractivity contribution in [2.75, 3.05) is 13.1 Å². The Morgan fingerprint density at radius 3 is 2.42 bits per heavy atom. The van der Waals surface area contributed by atoms with E-state index < -0.39 is 5.91 Å². The summed E-state index contributed by atoms with van der Waals surface area (Å²) in [5.41, 5.74) is 6.81. The number of piperidine rings is 1. The number of nitrogens with one attached hydrogen (secondary N) is 1. The molecule has 2 aromatic carbocycles. The van der Waals surface area contributed by atoms with E-state index in [1.54, 1.807) is 48.7 Å². The summed E-state index contributed by atoms with van der Waals surface area (Å²) >= 11 is 0. The first-order chi connectivity index (χ1) is 15.1. The van der Waals surface area contributed by atoms with Crippen molar-refractivity contribution in [2.45, 2.75) is 19.3 Å². The minimum atomic E-state index is -0.583. The lowest BCUT2D eigenvalue weighted by molar-refractivity contribution is 0.0997. The first-order valence-corrected chi connectivity index (χ1v) is 10.3. The molecule has 1 saturated heterocycles. The van der Waals surface area contributed by atoms with E-state index in [9.17, 15) is 9.18 Å². The van der Waals surface area contributed by atoms with Gasteiger partial charge in [0, 0.05) is 12.3 Å². The van der Waals surface area contributed by atoms with Crippen LogP contribution >= 0.6 is 0 Å². The van der Waals surface area contributed by atoms with Crippen LogP contribution < -0.4 is 20.5 Å². The molecule has 3 aromatic rings. The van der Waals surface area contributed by atoms with Gasteiger partial charge >= 0.3 is 0 Å². The number of aromatic nitrogens is 1. The standard InChI is InChI=1S/C24H24FN3O3/c25-18-2-1-3-21(14-18)30-19-4-6-20(7-5-19)31-24-22(23(26)29)13-17(15-28-24)12-16-8-10-27-11-9-16/h1-7,13-16,27H,8-12H2,(H2,26,29). The summed E-state index contributed by atoms with van der Waals surface area (Å²) in [6, 6.07) is 14.4. The summed E-state index contributed by atoms with van der Waals surface area (Å²) in [5, 5.41) is 3.35. The maximum absolute atomic E-state index is 13.3. The molecular weight excluding hydrogens is 397 g/mol. The number of pyridine rings is 1. The molecule has 0 bridgehead atoms. The van der Waals surface area contributed by atoms with Crippen LogP contribution in [0.1, 0.15) is 28.8 Å². The zero-order chi connectivity index (χ0) is 21.6. The lowest BCUT2D eigenvalue weighted by Gasteiger charge is -2.22. The number of rotatable bonds is 7. The van der Waals surface area contributed by atoms with Gasteiger partial charge in [0.25, 0.3) is 5.91 Å². The summed E-state index contributed by atoms with van der Waals surface area (Å²) in [5.74, 6) is 1.19. The normalized spacial score (nSPS) is 14.2. The number of ether oxygens (including phenoxy) is 2. The van der Waals surface area contributed by atoms with Gasteiger partial charge in [-0.2, -0.15) is 0 Å². The van der Waals surface area contributed by atoms with Crippen LogP contribution in [-0.4, -0.2) is 24.0 Å². The first kappa shape index (κ1) is 20.8. The number of nitrogens with two attached hydrogens (primary N) is 1. The Balaban J connectivity index is 1.45. The van der Waals surface area contributed by atoms with E-state index in [0.717, 1.165) is 37.9 Å². The first-order valence-electron chi connectivity index (χ1n) is 10.3. The number of carbonyl (C=O) groups is 1. The lowest BCUT2D eigenvalue weighted by atomic mass is 9.91. The minimum Gasteiger partial charge on any atom is -0.457 e. The number of nitrogens with zero attached hydrogens (tertiary/aromatic N) is 1. The van der Waals surface area contributed by atoms with Gasteiger partial charge < -0.3 is 20.5 Å². The van der Waals surface area contributed by atoms with Crippen molar-refractivity contribution in [1.82, 2.24) is 10.3 Å². The highest BCUT2D eigenvalue weighted by Gasteiger charge is 2.17. The second-order valence-electron chi connectivity index (χ2n) is 7.59. The number of amides is 1. The van der Waals surface area contributed by atoms with Crippen molar-refractivity contribution < 1.29 is 18.7 Å². The Morgan fingerprint density at radius 1 is 1.03 bits per heavy atom. The van der Waals surface area contributed by atoms with E-state index >= 15 is 0 Å². The Bertz CT molecular complexity index is 1050. The molecule has 7 heteroatoms. The van der Waals surface area contributed by atoms with Crippen LogP contribution in [0.25, 0.3) is 0 Å². The Kier molecular flexibility index (Phi) is 6.43. The van der Waals surface area contributed by atoms with E-state index in [0.29, 0.717) is 23.2 Å². The molecule has 1 fully saturated rings. The van der Waals surface area contributed by atoms with Gasteiger partial charge in [-0.15, -0.1) is 0 Å². The van der Waals surface area contributed by atoms with Gasteiger partial charge in [0.05, 0.1) is 0 Å². The highest BCUT2D eigenvalue weighted by atomic mass is 19.1. The maximum atomic E-state index is 13.3. The highest BCUT2D eigenvalue weighted by molar-refractivity contribution is 5.95. The van der Waals surface area contributed by atoms with Crippen LogP contribution in [0.15, 0.2) is 60.8 Å². The monoisotopic (exact) mass is 421 g/mol. The van der Waals surface area contributed by atoms with Crippen molar-refractivity contribution in [3.8, 4) is 23.1 Å². The second-order valence-corrected chi connectivity index (χ2v) is 7.59. The van der Waals surface area contributed by atoms with Gasteiger partial charge in [-0.25, -0.2) is 9.37 Å². The fraction of sp³-hybridized carbons (Fsp3) is 0.250. The third-order valence-corrected chi connectivity index (χ3v) is 5.23. The Labute approximate surface area is 180 Å². The zero-order valence-corrected chi connectivity index (χ0v) is 17.0. The van der Waals surface area contributed by atoms with E-state index in [1.807, 2.05) is 0 Å². The van der Waals surface area contributed by atoms with Crippen molar-refractivity contribution in [2.24, 2.45) is 11.7 Å². The van der Waals surface area contributed by atoms with Crippen molar-refractivity contribution >= 4 is 5.91 Å². The number of primary amides is 1. The molecular formula is C24H24FN3O3. The summed E-state index contributed by atoms with van der Waals surface area (Å²) in [6.07, 6.45) is 4.81. The SMILES string of the molecule is NC(=O)c1cc(CC2CCNCC2)cnc1Oc1ccc(Oc2cccc(F)c2)cc1. The molecule has 0 spiro atoms. The molecule has 3 N–H and O–H groups in total. The predicted molar refractivity (Wildman–Crippen MR) is 115 cm³/mol. The molecule has 2 heterocycles. The van der Waals surface area contributed by atoms with Crippen molar-refractivity contribution in [3.05, 3.63) is 77.7 Å². The van der Waals surface area contributed by atoms with Crippen LogP contribution in [0.4, 0.5) is 4.39 Å². The average molecular weight is 421 g/mol. The molecule has 0 atom stereocenters. The maximum Gasteiger partial charge on any atom is 0.254 e.